The molecule has 52 heavy (non-hydrogen) atoms. The summed E-state index contributed by atoms with van der Waals surface area (Å²) in [6.45, 7) is 0. The number of aryl methyl sites for hydroxylation is 1. The van der Waals surface area contributed by atoms with Crippen LogP contribution in [-0.2, 0) is 11.8 Å². The lowest BCUT2D eigenvalue weighted by molar-refractivity contribution is 0.793. The molecular formula is C51H37N. The Morgan fingerprint density at radius 1 is 0.481 bits per heavy atom. The van der Waals surface area contributed by atoms with E-state index in [1.165, 1.54) is 77.9 Å². The second-order valence-corrected chi connectivity index (χ2v) is 15.3. The molecule has 6 aromatic carbocycles. The van der Waals surface area contributed by atoms with Gasteiger partial charge in [0.05, 0.1) is 5.41 Å². The standard InChI is InChI=1S/C51H37N/c1-3-12-34-28-37(23-22-32(34)10-1)36-14-7-15-38(30-36)52(39-25-24-33-11-2-4-13-35(33)29-39)40-26-27-42-44-18-9-20-46-45-19-8-17-43-41-16-5-6-21-47(41)51(49(43)45,50(44)46)48(42)31-40/h1-7,10-16,18-19,21-23,26-31H,8-9,17,20,24-25H2. The first-order valence-corrected chi connectivity index (χ1v) is 19.1. The van der Waals surface area contributed by atoms with Crippen molar-refractivity contribution in [3.05, 3.63) is 207 Å². The fourth-order valence-corrected chi connectivity index (χ4v) is 10.8. The maximum Gasteiger partial charge on any atom is 0.0731 e. The van der Waals surface area contributed by atoms with Gasteiger partial charge < -0.3 is 4.90 Å². The normalized spacial score (nSPS) is 20.1. The van der Waals surface area contributed by atoms with Gasteiger partial charge in [0.15, 0.2) is 0 Å². The summed E-state index contributed by atoms with van der Waals surface area (Å²) < 4.78 is 0. The summed E-state index contributed by atoms with van der Waals surface area (Å²) in [6.07, 6.45) is 14.1. The molecule has 0 radical (unpaired) electrons. The first-order valence-electron chi connectivity index (χ1n) is 19.1. The van der Waals surface area contributed by atoms with Crippen LogP contribution in [0.1, 0.15) is 65.5 Å². The molecule has 1 nitrogen and oxygen atoms in total. The molecule has 6 aliphatic carbocycles. The third-order valence-electron chi connectivity index (χ3n) is 12.8. The van der Waals surface area contributed by atoms with Crippen LogP contribution >= 0.6 is 0 Å². The molecule has 12 rings (SSSR count). The largest absolute Gasteiger partial charge is 0.314 e. The van der Waals surface area contributed by atoms with Gasteiger partial charge in [-0.1, -0.05) is 115 Å². The Kier molecular flexibility index (Phi) is 5.84. The minimum Gasteiger partial charge on any atom is -0.314 e. The number of nitrogens with zero attached hydrogens (tertiary/aromatic N) is 1. The van der Waals surface area contributed by atoms with E-state index in [-0.39, 0.29) is 5.41 Å². The van der Waals surface area contributed by atoms with Crippen LogP contribution in [0, 0.1) is 0 Å². The molecule has 6 aliphatic rings. The van der Waals surface area contributed by atoms with Gasteiger partial charge in [0.1, 0.15) is 0 Å². The van der Waals surface area contributed by atoms with Crippen LogP contribution in [-0.4, -0.2) is 0 Å². The second-order valence-electron chi connectivity index (χ2n) is 15.3. The lowest BCUT2D eigenvalue weighted by atomic mass is 9.71. The second kappa shape index (κ2) is 10.6. The Hall–Kier alpha value is -5.92. The maximum absolute atomic E-state index is 2.59. The van der Waals surface area contributed by atoms with E-state index in [0.717, 1.165) is 38.5 Å². The van der Waals surface area contributed by atoms with Crippen LogP contribution in [0.25, 0.3) is 39.1 Å². The minimum atomic E-state index is -0.211. The van der Waals surface area contributed by atoms with Crippen molar-refractivity contribution in [1.82, 2.24) is 0 Å². The highest BCUT2D eigenvalue weighted by Gasteiger charge is 2.61. The maximum atomic E-state index is 2.59. The molecule has 0 N–H and O–H groups in total. The summed E-state index contributed by atoms with van der Waals surface area (Å²) in [5, 5.41) is 2.55. The molecule has 246 valence electrons. The van der Waals surface area contributed by atoms with Gasteiger partial charge in [-0.3, -0.25) is 0 Å². The van der Waals surface area contributed by atoms with Crippen LogP contribution in [0.2, 0.25) is 0 Å². The lowest BCUT2D eigenvalue weighted by Crippen LogP contribution is -2.26. The van der Waals surface area contributed by atoms with E-state index in [1.807, 2.05) is 0 Å². The molecule has 0 saturated heterocycles. The topological polar surface area (TPSA) is 3.24 Å². The summed E-state index contributed by atoms with van der Waals surface area (Å²) in [7, 11) is 0. The van der Waals surface area contributed by atoms with Crippen LogP contribution in [0.5, 0.6) is 0 Å². The molecule has 0 amide bonds. The summed E-state index contributed by atoms with van der Waals surface area (Å²) in [5.74, 6) is 0. The average molecular weight is 664 g/mol. The highest BCUT2D eigenvalue weighted by Crippen LogP contribution is 2.72. The molecule has 0 aromatic heterocycles. The highest BCUT2D eigenvalue weighted by atomic mass is 15.1. The molecule has 0 fully saturated rings. The summed E-state index contributed by atoms with van der Waals surface area (Å²) in [5.41, 5.74) is 24.1. The van der Waals surface area contributed by atoms with Crippen LogP contribution < -0.4 is 4.90 Å². The number of anilines is 2. The van der Waals surface area contributed by atoms with Gasteiger partial charge in [0.2, 0.25) is 0 Å². The van der Waals surface area contributed by atoms with Crippen molar-refractivity contribution in [3.8, 4) is 11.1 Å². The number of hydrogen-bond donors (Lipinski definition) is 0. The van der Waals surface area contributed by atoms with Gasteiger partial charge in [-0.05, 0) is 164 Å². The van der Waals surface area contributed by atoms with Crippen molar-refractivity contribution in [1.29, 1.82) is 0 Å². The van der Waals surface area contributed by atoms with Gasteiger partial charge in [0, 0.05) is 17.1 Å². The monoisotopic (exact) mass is 663 g/mol. The van der Waals surface area contributed by atoms with Gasteiger partial charge >= 0.3 is 0 Å². The van der Waals surface area contributed by atoms with Crippen LogP contribution in [0.3, 0.4) is 0 Å². The predicted octanol–water partition coefficient (Wildman–Crippen LogP) is 12.9. The number of fused-ring (bicyclic) bond motifs is 7. The lowest BCUT2D eigenvalue weighted by Gasteiger charge is -2.33. The average Bonchev–Trinajstić information content (AvgIpc) is 3.80. The third-order valence-corrected chi connectivity index (χ3v) is 12.8. The summed E-state index contributed by atoms with van der Waals surface area (Å²) in [4.78, 5) is 2.58. The molecule has 0 saturated carbocycles. The Bertz CT molecular complexity index is 2740. The van der Waals surface area contributed by atoms with Crippen LogP contribution in [0.15, 0.2) is 174 Å². The Balaban J connectivity index is 1.09. The zero-order valence-electron chi connectivity index (χ0n) is 29.1. The van der Waals surface area contributed by atoms with Crippen molar-refractivity contribution in [2.75, 3.05) is 4.90 Å². The molecule has 1 heteroatoms. The number of hydrogen-bond acceptors (Lipinski definition) is 1. The first kappa shape index (κ1) is 28.7. The molecule has 1 spiro atoms. The number of rotatable bonds is 4. The molecule has 0 heterocycles. The van der Waals surface area contributed by atoms with Gasteiger partial charge in [0.25, 0.3) is 0 Å². The van der Waals surface area contributed by atoms with E-state index in [4.69, 9.17) is 0 Å². The SMILES string of the molecule is C1=C2C3=C4C(=CCC3)c3ccc(N(C5=Cc6ccccc6CC5)c5cccc(-c6ccc7ccccc7c6)c5)cc3C43C2=C(CC1)c1ccccc13. The van der Waals surface area contributed by atoms with E-state index in [9.17, 15) is 0 Å². The predicted molar refractivity (Wildman–Crippen MR) is 216 cm³/mol. The van der Waals surface area contributed by atoms with E-state index >= 15 is 0 Å². The molecule has 0 aliphatic heterocycles. The van der Waals surface area contributed by atoms with E-state index in [1.54, 1.807) is 27.9 Å². The Labute approximate surface area is 305 Å². The molecule has 6 aromatic rings. The Morgan fingerprint density at radius 2 is 1.25 bits per heavy atom. The van der Waals surface area contributed by atoms with Gasteiger partial charge in [-0.2, -0.15) is 0 Å². The summed E-state index contributed by atoms with van der Waals surface area (Å²) >= 11 is 0. The number of benzene rings is 6. The quantitative estimate of drug-likeness (QED) is 0.181. The molecule has 0 bridgehead atoms. The van der Waals surface area contributed by atoms with E-state index in [2.05, 4.69) is 157 Å². The Morgan fingerprint density at radius 3 is 2.21 bits per heavy atom. The van der Waals surface area contributed by atoms with Crippen LogP contribution in [0.4, 0.5) is 11.4 Å². The van der Waals surface area contributed by atoms with Gasteiger partial charge in [-0.25, -0.2) is 0 Å². The fraction of sp³-hybridized carbons (Fsp3) is 0.137. The minimum absolute atomic E-state index is 0.211. The van der Waals surface area contributed by atoms with E-state index < -0.39 is 0 Å². The zero-order valence-corrected chi connectivity index (χ0v) is 29.1. The van der Waals surface area contributed by atoms with Crippen molar-refractivity contribution in [2.24, 2.45) is 0 Å². The number of allylic oxidation sites excluding steroid dienone is 9. The van der Waals surface area contributed by atoms with Crippen molar-refractivity contribution < 1.29 is 0 Å². The first-order chi connectivity index (χ1) is 25.8. The van der Waals surface area contributed by atoms with Crippen molar-refractivity contribution in [2.45, 2.75) is 43.9 Å². The highest BCUT2D eigenvalue weighted by molar-refractivity contribution is 6.07. The van der Waals surface area contributed by atoms with E-state index in [0.29, 0.717) is 0 Å². The fourth-order valence-electron chi connectivity index (χ4n) is 10.8. The summed E-state index contributed by atoms with van der Waals surface area (Å²) in [6, 6.07) is 50.5. The molecular weight excluding hydrogens is 627 g/mol. The van der Waals surface area contributed by atoms with Gasteiger partial charge in [-0.15, -0.1) is 0 Å². The smallest absolute Gasteiger partial charge is 0.0731 e. The van der Waals surface area contributed by atoms with Crippen molar-refractivity contribution >= 4 is 39.4 Å². The molecule has 1 atom stereocenters. The van der Waals surface area contributed by atoms with Crippen molar-refractivity contribution in [3.63, 3.8) is 0 Å². The zero-order chi connectivity index (χ0) is 34.0. The third kappa shape index (κ3) is 3.73. The molecule has 1 unspecified atom stereocenters.